The molecule has 0 aliphatic heterocycles. The number of terminal acetylenes is 1. The topological polar surface area (TPSA) is 67.5 Å². The number of aromatic nitrogens is 3. The Balaban J connectivity index is 0.000000165. The van der Waals surface area contributed by atoms with Crippen molar-refractivity contribution in [3.63, 3.8) is 0 Å². The highest BCUT2D eigenvalue weighted by Crippen LogP contribution is 2.32. The second-order valence-corrected chi connectivity index (χ2v) is 4.14. The second kappa shape index (κ2) is 4.52. The summed E-state index contributed by atoms with van der Waals surface area (Å²) in [5.41, 5.74) is 3.29. The molecular weight excluding hydrogens is 254 g/mol. The number of carboxylic acid groups (broad SMARTS) is 1. The van der Waals surface area contributed by atoms with E-state index in [9.17, 15) is 4.79 Å². The number of rotatable bonds is 1. The Labute approximate surface area is 114 Å². The Morgan fingerprint density at radius 1 is 1.30 bits per heavy atom. The molecule has 2 aliphatic rings. The second-order valence-electron chi connectivity index (χ2n) is 4.14. The highest BCUT2D eigenvalue weighted by molar-refractivity contribution is 5.91. The molecule has 96 valence electrons. The van der Waals surface area contributed by atoms with Gasteiger partial charge in [-0.1, -0.05) is 24.1 Å². The number of fused-ring (bicyclic) bond motifs is 2. The summed E-state index contributed by atoms with van der Waals surface area (Å²) >= 11 is 0. The summed E-state index contributed by atoms with van der Waals surface area (Å²) in [7, 11) is 0. The average molecular weight is 263 g/mol. The van der Waals surface area contributed by atoms with Crippen molar-refractivity contribution >= 4 is 11.6 Å². The van der Waals surface area contributed by atoms with E-state index in [4.69, 9.17) is 11.5 Å². The minimum absolute atomic E-state index is 0.147. The zero-order chi connectivity index (χ0) is 14.1. The Bertz CT molecular complexity index is 842. The van der Waals surface area contributed by atoms with Crippen molar-refractivity contribution in [3.05, 3.63) is 54.0 Å². The first-order chi connectivity index (χ1) is 9.70. The van der Waals surface area contributed by atoms with E-state index in [0.717, 1.165) is 0 Å². The van der Waals surface area contributed by atoms with Gasteiger partial charge < -0.3 is 5.11 Å². The lowest BCUT2D eigenvalue weighted by Gasteiger charge is -1.88. The fraction of sp³-hybridized carbons (Fsp3) is 0. The van der Waals surface area contributed by atoms with Gasteiger partial charge in [0.15, 0.2) is 11.3 Å². The highest BCUT2D eigenvalue weighted by atomic mass is 16.4. The molecule has 2 heterocycles. The van der Waals surface area contributed by atoms with Gasteiger partial charge in [0.1, 0.15) is 5.56 Å². The van der Waals surface area contributed by atoms with Gasteiger partial charge in [-0.15, -0.1) is 6.42 Å². The van der Waals surface area contributed by atoms with Crippen molar-refractivity contribution in [2.24, 2.45) is 0 Å². The molecule has 2 aromatic rings. The molecule has 0 bridgehead atoms. The molecule has 4 rings (SSSR count). The first kappa shape index (κ1) is 11.9. The largest absolute Gasteiger partial charge is 0.476 e. The van der Waals surface area contributed by atoms with Gasteiger partial charge >= 0.3 is 5.97 Å². The van der Waals surface area contributed by atoms with Crippen LogP contribution in [0.15, 0.2) is 42.7 Å². The molecule has 5 heteroatoms. The molecule has 20 heavy (non-hydrogen) atoms. The molecule has 0 amide bonds. The van der Waals surface area contributed by atoms with E-state index in [0.29, 0.717) is 5.65 Å². The number of carbonyl (C=O) groups is 1. The number of aromatic carboxylic acids is 1. The van der Waals surface area contributed by atoms with Crippen molar-refractivity contribution in [1.29, 1.82) is 0 Å². The smallest absolute Gasteiger partial charge is 0.357 e. The van der Waals surface area contributed by atoms with E-state index in [1.807, 2.05) is 0 Å². The van der Waals surface area contributed by atoms with Crippen LogP contribution in [-0.4, -0.2) is 25.7 Å². The monoisotopic (exact) mass is 263 g/mol. The minimum atomic E-state index is -1.15. The lowest BCUT2D eigenvalue weighted by atomic mass is 10.2. The van der Waals surface area contributed by atoms with Gasteiger partial charge in [-0.25, -0.2) is 14.3 Å². The third kappa shape index (κ3) is 1.99. The molecule has 0 aromatic carbocycles. The first-order valence-corrected chi connectivity index (χ1v) is 5.84. The quantitative estimate of drug-likeness (QED) is 0.534. The lowest BCUT2D eigenvalue weighted by molar-refractivity contribution is 0.0690. The zero-order valence-electron chi connectivity index (χ0n) is 10.3. The summed E-state index contributed by atoms with van der Waals surface area (Å²) in [5.74, 6) is 1.12. The Morgan fingerprint density at radius 3 is 2.55 bits per heavy atom. The fourth-order valence-electron chi connectivity index (χ4n) is 1.85. The molecular formula is C15H9N3O2. The molecule has 0 atom stereocenters. The van der Waals surface area contributed by atoms with E-state index in [2.05, 4.69) is 40.3 Å². The van der Waals surface area contributed by atoms with E-state index in [1.54, 1.807) is 12.3 Å². The molecule has 0 saturated carbocycles. The van der Waals surface area contributed by atoms with Crippen molar-refractivity contribution in [2.45, 2.75) is 0 Å². The van der Waals surface area contributed by atoms with Gasteiger partial charge in [-0.3, -0.25) is 0 Å². The number of hydrogen-bond acceptors (Lipinski definition) is 3. The molecule has 1 N–H and O–H groups in total. The SMILES string of the molecule is C#Cc1c(C(=O)O)nn2cccnc12.c1cc2cc-2c1. The Kier molecular flexibility index (Phi) is 2.70. The van der Waals surface area contributed by atoms with Crippen molar-refractivity contribution in [1.82, 2.24) is 14.6 Å². The van der Waals surface area contributed by atoms with Gasteiger partial charge in [0.25, 0.3) is 0 Å². The maximum absolute atomic E-state index is 10.8. The van der Waals surface area contributed by atoms with Crippen molar-refractivity contribution in [2.75, 3.05) is 0 Å². The zero-order valence-corrected chi connectivity index (χ0v) is 10.3. The maximum atomic E-state index is 10.8. The summed E-state index contributed by atoms with van der Waals surface area (Å²) in [5, 5.41) is 12.6. The van der Waals surface area contributed by atoms with Crippen molar-refractivity contribution < 1.29 is 9.90 Å². The summed E-state index contributed by atoms with van der Waals surface area (Å²) in [6.45, 7) is 0. The van der Waals surface area contributed by atoms with Crippen LogP contribution in [0.2, 0.25) is 0 Å². The van der Waals surface area contributed by atoms with Crippen molar-refractivity contribution in [3.8, 4) is 23.5 Å². The van der Waals surface area contributed by atoms with Crippen LogP contribution in [0.1, 0.15) is 16.1 Å². The van der Waals surface area contributed by atoms with Crippen LogP contribution in [-0.2, 0) is 0 Å². The number of carboxylic acids is 1. The predicted octanol–water partition coefficient (Wildman–Crippen LogP) is 2.08. The first-order valence-electron chi connectivity index (χ1n) is 5.84. The molecule has 2 aliphatic carbocycles. The average Bonchev–Trinajstić information content (AvgIpc) is 2.90. The van der Waals surface area contributed by atoms with Crippen LogP contribution in [0.3, 0.4) is 0 Å². The minimum Gasteiger partial charge on any atom is -0.476 e. The van der Waals surface area contributed by atoms with Crippen LogP contribution in [0.4, 0.5) is 0 Å². The fourth-order valence-corrected chi connectivity index (χ4v) is 1.85. The molecule has 0 fully saturated rings. The number of nitrogens with zero attached hydrogens (tertiary/aromatic N) is 3. The van der Waals surface area contributed by atoms with E-state index in [1.165, 1.54) is 21.8 Å². The molecule has 2 aromatic heterocycles. The molecule has 0 radical (unpaired) electrons. The molecule has 0 spiro atoms. The van der Waals surface area contributed by atoms with Gasteiger partial charge in [0.05, 0.1) is 0 Å². The molecule has 0 saturated heterocycles. The van der Waals surface area contributed by atoms with Crippen LogP contribution in [0, 0.1) is 12.3 Å². The molecule has 5 nitrogen and oxygen atoms in total. The van der Waals surface area contributed by atoms with Crippen LogP contribution < -0.4 is 0 Å². The highest BCUT2D eigenvalue weighted by Gasteiger charge is 2.17. The van der Waals surface area contributed by atoms with Crippen LogP contribution in [0.25, 0.3) is 16.8 Å². The summed E-state index contributed by atoms with van der Waals surface area (Å²) in [4.78, 5) is 14.7. The summed E-state index contributed by atoms with van der Waals surface area (Å²) in [6, 6.07) is 10.1. The van der Waals surface area contributed by atoms with E-state index in [-0.39, 0.29) is 11.3 Å². The number of hydrogen-bond donors (Lipinski definition) is 1. The standard InChI is InChI=1S/C9H5N3O2.C6H4/c1-2-6-7(9(13)14)11-12-5-3-4-10-8(6)12;1-2-5-4-6(5)3-1/h1,3-5H,(H,13,14);1-4H. The van der Waals surface area contributed by atoms with Gasteiger partial charge in [0, 0.05) is 12.4 Å². The van der Waals surface area contributed by atoms with Crippen LogP contribution >= 0.6 is 0 Å². The third-order valence-corrected chi connectivity index (χ3v) is 2.85. The van der Waals surface area contributed by atoms with E-state index >= 15 is 0 Å². The van der Waals surface area contributed by atoms with Gasteiger partial charge in [-0.05, 0) is 23.3 Å². The normalized spacial score (nSPS) is 10.3. The van der Waals surface area contributed by atoms with Crippen LogP contribution in [0.5, 0.6) is 0 Å². The van der Waals surface area contributed by atoms with Gasteiger partial charge in [-0.2, -0.15) is 5.10 Å². The summed E-state index contributed by atoms with van der Waals surface area (Å²) in [6.07, 6.45) is 8.32. The maximum Gasteiger partial charge on any atom is 0.357 e. The van der Waals surface area contributed by atoms with E-state index < -0.39 is 5.97 Å². The third-order valence-electron chi connectivity index (χ3n) is 2.85. The Hall–Kier alpha value is -3.13. The summed E-state index contributed by atoms with van der Waals surface area (Å²) < 4.78 is 1.35. The molecule has 0 unspecified atom stereocenters. The van der Waals surface area contributed by atoms with Gasteiger partial charge in [0.2, 0.25) is 0 Å². The Morgan fingerprint density at radius 2 is 2.05 bits per heavy atom. The predicted molar refractivity (Wildman–Crippen MR) is 73.3 cm³/mol. The lowest BCUT2D eigenvalue weighted by Crippen LogP contribution is -1.99. The number of benzene rings is 1.